The molecule has 0 spiro atoms. The van der Waals surface area contributed by atoms with E-state index in [1.807, 2.05) is 0 Å². The molecule has 0 radical (unpaired) electrons. The summed E-state index contributed by atoms with van der Waals surface area (Å²) in [4.78, 5) is 0. The van der Waals surface area contributed by atoms with Crippen LogP contribution in [0.1, 0.15) is 0 Å². The summed E-state index contributed by atoms with van der Waals surface area (Å²) in [6.45, 7) is 16.2. The smallest absolute Gasteiger partial charge is 0.0546 e. The first-order valence-electron chi connectivity index (χ1n) is 3.79. The third kappa shape index (κ3) is 24.7. The van der Waals surface area contributed by atoms with Gasteiger partial charge in [-0.05, 0) is 0 Å². The second-order valence-electron chi connectivity index (χ2n) is 2.96. The molecular weight excluding hydrogens is 152 g/mol. The third-order valence-corrected chi connectivity index (χ3v) is 2.83. The summed E-state index contributed by atoms with van der Waals surface area (Å²) in [5, 5.41) is 0. The van der Waals surface area contributed by atoms with Crippen molar-refractivity contribution in [1.82, 2.24) is 0 Å². The minimum Gasteiger partial charge on any atom is -0.107 e. The largest absolute Gasteiger partial charge is 0.107 e. The molecule has 0 saturated carbocycles. The van der Waals surface area contributed by atoms with Crippen molar-refractivity contribution in [2.24, 2.45) is 0 Å². The molecule has 0 rings (SSSR count). The maximum atomic E-state index is 3.62. The maximum absolute atomic E-state index is 3.62. The van der Waals surface area contributed by atoms with E-state index in [0.717, 1.165) is 0 Å². The summed E-state index contributed by atoms with van der Waals surface area (Å²) >= 11 is 0. The van der Waals surface area contributed by atoms with E-state index >= 15 is 0 Å². The fourth-order valence-electron chi connectivity index (χ4n) is 0. The van der Waals surface area contributed by atoms with Crippen LogP contribution >= 0.6 is 0 Å². The highest BCUT2D eigenvalue weighted by Gasteiger charge is 1.77. The zero-order chi connectivity index (χ0) is 8.57. The zero-order valence-electron chi connectivity index (χ0n) is 7.72. The highest BCUT2D eigenvalue weighted by atomic mass is 28.3. The van der Waals surface area contributed by atoms with Crippen LogP contribution in [-0.4, -0.2) is 17.6 Å². The fourth-order valence-corrected chi connectivity index (χ4v) is 0. The molecule has 0 fully saturated rings. The Kier molecular flexibility index (Phi) is 11.2. The average molecular weight is 172 g/mol. The van der Waals surface area contributed by atoms with Crippen LogP contribution in [0.25, 0.3) is 0 Å². The molecule has 0 amide bonds. The first-order valence-corrected chi connectivity index (χ1v) is 9.74. The van der Waals surface area contributed by atoms with Gasteiger partial charge in [-0.3, -0.25) is 0 Å². The normalized spacial score (nSPS) is 8.60. The molecule has 0 aromatic rings. The molecule has 0 atom stereocenters. The van der Waals surface area contributed by atoms with Gasteiger partial charge in [0.2, 0.25) is 0 Å². The third-order valence-electron chi connectivity index (χ3n) is 0.943. The Hall–Kier alpha value is -0.0862. The van der Waals surface area contributed by atoms with Crippen molar-refractivity contribution < 1.29 is 0 Å². The lowest BCUT2D eigenvalue weighted by Gasteiger charge is -1.81. The Labute approximate surface area is 68.9 Å². The summed E-state index contributed by atoms with van der Waals surface area (Å²) in [7, 11) is -0.772. The summed E-state index contributed by atoms with van der Waals surface area (Å²) in [6, 6.07) is 0. The molecule has 10 heavy (non-hydrogen) atoms. The molecule has 0 saturated heterocycles. The van der Waals surface area contributed by atoms with E-state index in [4.69, 9.17) is 0 Å². The number of hydrogen-bond donors (Lipinski definition) is 0. The second kappa shape index (κ2) is 8.91. The van der Waals surface area contributed by atoms with Crippen molar-refractivity contribution >= 4 is 17.6 Å². The Morgan fingerprint density at radius 3 is 0.900 bits per heavy atom. The second-order valence-corrected chi connectivity index (χ2v) is 8.88. The van der Waals surface area contributed by atoms with E-state index in [1.165, 1.54) is 0 Å². The number of hydrogen-bond acceptors (Lipinski definition) is 0. The van der Waals surface area contributed by atoms with Crippen LogP contribution in [0.2, 0.25) is 26.2 Å². The molecule has 0 aliphatic carbocycles. The first-order chi connectivity index (χ1) is 4.54. The topological polar surface area (TPSA) is 0 Å². The van der Waals surface area contributed by atoms with E-state index < -0.39 is 0 Å². The van der Waals surface area contributed by atoms with Gasteiger partial charge in [-0.2, -0.15) is 0 Å². The van der Waals surface area contributed by atoms with Crippen LogP contribution in [0.5, 0.6) is 0 Å². The van der Waals surface area contributed by atoms with E-state index in [1.54, 1.807) is 0 Å². The number of rotatable bonds is 2. The lowest BCUT2D eigenvalue weighted by molar-refractivity contribution is 2.00. The monoisotopic (exact) mass is 172 g/mol. The molecule has 0 nitrogen and oxygen atoms in total. The van der Waals surface area contributed by atoms with E-state index in [2.05, 4.69) is 50.7 Å². The standard InChI is InChI=1S/2C4H10Si/c2*1-4-5(2)3/h2*4-5H,1H2,2-3H3. The van der Waals surface area contributed by atoms with Crippen molar-refractivity contribution in [3.8, 4) is 0 Å². The highest BCUT2D eigenvalue weighted by molar-refractivity contribution is 6.61. The summed E-state index contributed by atoms with van der Waals surface area (Å²) in [5.74, 6) is 0. The average Bonchev–Trinajstić information content (AvgIpc) is 1.89. The molecule has 0 unspecified atom stereocenters. The Morgan fingerprint density at radius 1 is 0.800 bits per heavy atom. The molecule has 0 aromatic carbocycles. The molecule has 0 aliphatic heterocycles. The van der Waals surface area contributed by atoms with Crippen molar-refractivity contribution in [3.05, 3.63) is 24.6 Å². The van der Waals surface area contributed by atoms with Crippen molar-refractivity contribution in [2.75, 3.05) is 0 Å². The molecule has 0 heterocycles. The Morgan fingerprint density at radius 2 is 0.900 bits per heavy atom. The van der Waals surface area contributed by atoms with Crippen LogP contribution in [-0.2, 0) is 0 Å². The van der Waals surface area contributed by atoms with Gasteiger partial charge < -0.3 is 0 Å². The molecule has 0 N–H and O–H groups in total. The van der Waals surface area contributed by atoms with Gasteiger partial charge in [0.25, 0.3) is 0 Å². The zero-order valence-corrected chi connectivity index (χ0v) is 10.0. The predicted octanol–water partition coefficient (Wildman–Crippen LogP) is 2.40. The molecule has 0 aromatic heterocycles. The molecule has 2 heteroatoms. The lowest BCUT2D eigenvalue weighted by atomic mass is 11.3. The maximum Gasteiger partial charge on any atom is 0.0546 e. The highest BCUT2D eigenvalue weighted by Crippen LogP contribution is 1.74. The predicted molar refractivity (Wildman–Crippen MR) is 58.1 cm³/mol. The van der Waals surface area contributed by atoms with Gasteiger partial charge >= 0.3 is 0 Å². The van der Waals surface area contributed by atoms with Gasteiger partial charge in [-0.25, -0.2) is 0 Å². The van der Waals surface area contributed by atoms with Crippen molar-refractivity contribution in [2.45, 2.75) is 26.2 Å². The van der Waals surface area contributed by atoms with Gasteiger partial charge in [-0.15, -0.1) is 24.6 Å². The molecule has 0 aliphatic rings. The van der Waals surface area contributed by atoms with Gasteiger partial charge in [0.1, 0.15) is 0 Å². The van der Waals surface area contributed by atoms with E-state index in [9.17, 15) is 0 Å². The lowest BCUT2D eigenvalue weighted by Crippen LogP contribution is -1.89. The molecule has 60 valence electrons. The summed E-state index contributed by atoms with van der Waals surface area (Å²) < 4.78 is 0. The van der Waals surface area contributed by atoms with Crippen LogP contribution < -0.4 is 0 Å². The summed E-state index contributed by atoms with van der Waals surface area (Å²) in [5.41, 5.74) is 4.11. The minimum absolute atomic E-state index is 0.386. The minimum atomic E-state index is -0.386. The van der Waals surface area contributed by atoms with Crippen molar-refractivity contribution in [3.63, 3.8) is 0 Å². The quantitative estimate of drug-likeness (QED) is 0.561. The van der Waals surface area contributed by atoms with Crippen molar-refractivity contribution in [1.29, 1.82) is 0 Å². The molecular formula is C8H20Si2. The van der Waals surface area contributed by atoms with Crippen LogP contribution in [0, 0.1) is 0 Å². The van der Waals surface area contributed by atoms with Gasteiger partial charge in [-0.1, -0.05) is 26.2 Å². The van der Waals surface area contributed by atoms with Gasteiger partial charge in [0.15, 0.2) is 0 Å². The summed E-state index contributed by atoms with van der Waals surface area (Å²) in [6.07, 6.45) is 0. The van der Waals surface area contributed by atoms with Gasteiger partial charge in [0.05, 0.1) is 17.6 Å². The first kappa shape index (κ1) is 12.6. The Bertz CT molecular complexity index is 73.3. The van der Waals surface area contributed by atoms with Crippen LogP contribution in [0.15, 0.2) is 24.6 Å². The SMILES string of the molecule is C=C[SiH](C)C.C=C[SiH](C)C. The van der Waals surface area contributed by atoms with E-state index in [-0.39, 0.29) is 17.6 Å². The van der Waals surface area contributed by atoms with Crippen LogP contribution in [0.4, 0.5) is 0 Å². The molecule has 0 bridgehead atoms. The van der Waals surface area contributed by atoms with Gasteiger partial charge in [0, 0.05) is 0 Å². The van der Waals surface area contributed by atoms with E-state index in [0.29, 0.717) is 0 Å². The van der Waals surface area contributed by atoms with Crippen LogP contribution in [0.3, 0.4) is 0 Å². The fraction of sp³-hybridized carbons (Fsp3) is 0.500. The Balaban J connectivity index is 0.